The Kier molecular flexibility index (Phi) is 37.5. The largest absolute Gasteiger partial charge is 0.544 e. The normalized spacial score (nSPS) is 13.9. The molecule has 2 atom stereocenters. The van der Waals surface area contributed by atoms with Crippen LogP contribution in [0, 0.1) is 0 Å². The molecule has 0 saturated carbocycles. The molecule has 0 spiro atoms. The number of aliphatic carboxylic acids is 1. The van der Waals surface area contributed by atoms with Crippen LogP contribution >= 0.6 is 0 Å². The molecule has 8 nitrogen and oxygen atoms in total. The maximum atomic E-state index is 12.7. The number of nitrogens with zero attached hydrogens (tertiary/aromatic N) is 1. The van der Waals surface area contributed by atoms with Crippen LogP contribution in [0.3, 0.4) is 0 Å². The Balaban J connectivity index is 4.38. The van der Waals surface area contributed by atoms with Gasteiger partial charge in [0, 0.05) is 19.3 Å². The van der Waals surface area contributed by atoms with E-state index in [1.807, 2.05) is 54.7 Å². The van der Waals surface area contributed by atoms with Crippen molar-refractivity contribution in [3.63, 3.8) is 0 Å². The standard InChI is InChI=1S/C50H81NO7/c1-6-8-10-12-14-16-18-20-21-22-23-24-25-26-27-29-31-33-35-37-39-41-49(53)58-46(44-56-43-42-47(50(54)55)51(3,4)5)45-57-48(52)40-38-36-34-32-30-28-19-17-15-13-11-9-7-2/h8-11,13-17,19-21,28,30,32,34,46-47H,6-7,12,18,22-27,29,31,33,35-45H2,1-5H3/b10-8+,11-9+,15-13+,16-14+,19-17+,21-20+,30-28+,34-32+. The Hall–Kier alpha value is -3.75. The van der Waals surface area contributed by atoms with E-state index in [0.717, 1.165) is 51.4 Å². The molecule has 0 rings (SSSR count). The number of rotatable bonds is 38. The van der Waals surface area contributed by atoms with Crippen LogP contribution in [-0.4, -0.2) is 75.5 Å². The molecule has 0 aliphatic rings. The van der Waals surface area contributed by atoms with E-state index in [9.17, 15) is 19.5 Å². The van der Waals surface area contributed by atoms with Gasteiger partial charge in [-0.05, 0) is 57.8 Å². The van der Waals surface area contributed by atoms with Crippen molar-refractivity contribution in [3.8, 4) is 0 Å². The molecule has 0 saturated heterocycles. The minimum atomic E-state index is -1.14. The van der Waals surface area contributed by atoms with Crippen LogP contribution in [0.2, 0.25) is 0 Å². The second kappa shape index (κ2) is 40.0. The Morgan fingerprint density at radius 2 is 1.02 bits per heavy atom. The number of carbonyl (C=O) groups is 3. The van der Waals surface area contributed by atoms with Crippen LogP contribution in [0.4, 0.5) is 0 Å². The zero-order chi connectivity index (χ0) is 42.8. The molecule has 0 bridgehead atoms. The lowest BCUT2D eigenvalue weighted by Crippen LogP contribution is -2.55. The van der Waals surface area contributed by atoms with Crippen molar-refractivity contribution in [1.29, 1.82) is 0 Å². The highest BCUT2D eigenvalue weighted by Gasteiger charge is 2.25. The van der Waals surface area contributed by atoms with Crippen molar-refractivity contribution in [2.24, 2.45) is 0 Å². The van der Waals surface area contributed by atoms with Crippen LogP contribution in [-0.2, 0) is 28.6 Å². The third-order valence-electron chi connectivity index (χ3n) is 9.34. The topological polar surface area (TPSA) is 102 Å². The summed E-state index contributed by atoms with van der Waals surface area (Å²) in [5.74, 6) is -1.85. The summed E-state index contributed by atoms with van der Waals surface area (Å²) in [6, 6.07) is -0.742. The molecule has 0 heterocycles. The van der Waals surface area contributed by atoms with Crippen LogP contribution in [0.1, 0.15) is 149 Å². The van der Waals surface area contributed by atoms with Gasteiger partial charge in [-0.2, -0.15) is 0 Å². The van der Waals surface area contributed by atoms with Gasteiger partial charge in [0.1, 0.15) is 12.6 Å². The van der Waals surface area contributed by atoms with Gasteiger partial charge in [-0.3, -0.25) is 9.59 Å². The number of allylic oxidation sites excluding steroid dienone is 16. The second-order valence-corrected chi connectivity index (χ2v) is 15.6. The number of carboxylic acids is 1. The molecule has 0 aromatic heterocycles. The van der Waals surface area contributed by atoms with Gasteiger partial charge in [0.15, 0.2) is 6.10 Å². The van der Waals surface area contributed by atoms with Gasteiger partial charge in [-0.1, -0.05) is 169 Å². The average Bonchev–Trinajstić information content (AvgIpc) is 3.18. The Morgan fingerprint density at radius 3 is 1.59 bits per heavy atom. The predicted molar refractivity (Wildman–Crippen MR) is 240 cm³/mol. The maximum Gasteiger partial charge on any atom is 0.306 e. The van der Waals surface area contributed by atoms with Crippen LogP contribution in [0.25, 0.3) is 0 Å². The molecule has 0 aliphatic heterocycles. The highest BCUT2D eigenvalue weighted by molar-refractivity contribution is 5.70. The molecule has 2 unspecified atom stereocenters. The van der Waals surface area contributed by atoms with Gasteiger partial charge in [-0.25, -0.2) is 0 Å². The van der Waals surface area contributed by atoms with Crippen molar-refractivity contribution in [2.45, 2.75) is 161 Å². The first-order valence-electron chi connectivity index (χ1n) is 22.3. The summed E-state index contributed by atoms with van der Waals surface area (Å²) in [5, 5.41) is 11.6. The number of esters is 2. The lowest BCUT2D eigenvalue weighted by molar-refractivity contribution is -0.889. The molecule has 58 heavy (non-hydrogen) atoms. The predicted octanol–water partition coefficient (Wildman–Crippen LogP) is 11.0. The Morgan fingerprint density at radius 1 is 0.534 bits per heavy atom. The van der Waals surface area contributed by atoms with Gasteiger partial charge < -0.3 is 28.6 Å². The van der Waals surface area contributed by atoms with Crippen molar-refractivity contribution < 1.29 is 38.2 Å². The molecule has 8 heteroatoms. The molecule has 0 fully saturated rings. The van der Waals surface area contributed by atoms with Crippen molar-refractivity contribution in [2.75, 3.05) is 41.0 Å². The highest BCUT2D eigenvalue weighted by atomic mass is 16.6. The van der Waals surface area contributed by atoms with Crippen molar-refractivity contribution in [1.82, 2.24) is 0 Å². The van der Waals surface area contributed by atoms with Crippen molar-refractivity contribution in [3.05, 3.63) is 97.2 Å². The first-order valence-corrected chi connectivity index (χ1v) is 22.3. The quantitative estimate of drug-likeness (QED) is 0.0201. The van der Waals surface area contributed by atoms with Crippen LogP contribution in [0.5, 0.6) is 0 Å². The van der Waals surface area contributed by atoms with E-state index in [1.54, 1.807) is 21.1 Å². The van der Waals surface area contributed by atoms with E-state index in [-0.39, 0.29) is 49.1 Å². The van der Waals surface area contributed by atoms with Crippen LogP contribution in [0.15, 0.2) is 97.2 Å². The van der Waals surface area contributed by atoms with E-state index >= 15 is 0 Å². The zero-order valence-corrected chi connectivity index (χ0v) is 37.2. The monoisotopic (exact) mass is 808 g/mol. The number of likely N-dealkylation sites (N-methyl/N-ethyl adjacent to an activating group) is 1. The summed E-state index contributed by atoms with van der Waals surface area (Å²) in [7, 11) is 5.37. The number of hydrogen-bond acceptors (Lipinski definition) is 7. The Bertz CT molecular complexity index is 1260. The summed E-state index contributed by atoms with van der Waals surface area (Å²) in [6.45, 7) is 4.31. The lowest BCUT2D eigenvalue weighted by atomic mass is 10.0. The first-order chi connectivity index (χ1) is 28.1. The summed E-state index contributed by atoms with van der Waals surface area (Å²) >= 11 is 0. The van der Waals surface area contributed by atoms with Gasteiger partial charge in [0.2, 0.25) is 0 Å². The molecular formula is C50H81NO7. The van der Waals surface area contributed by atoms with E-state index in [1.165, 1.54) is 57.8 Å². The van der Waals surface area contributed by atoms with Crippen molar-refractivity contribution >= 4 is 17.9 Å². The van der Waals surface area contributed by atoms with Gasteiger partial charge >= 0.3 is 11.9 Å². The fraction of sp³-hybridized carbons (Fsp3) is 0.620. The highest BCUT2D eigenvalue weighted by Crippen LogP contribution is 2.14. The van der Waals surface area contributed by atoms with E-state index < -0.39 is 18.1 Å². The third kappa shape index (κ3) is 37.8. The molecule has 0 radical (unpaired) electrons. The number of quaternary nitrogens is 1. The second-order valence-electron chi connectivity index (χ2n) is 15.6. The SMILES string of the molecule is CC/C=C/C=C/C=C/C=C/C=C/CCCC(=O)OCC(COCCC(C(=O)[O-])[N+](C)(C)C)OC(=O)CCCCCCCCCCCCC/C=C/C/C=C/C/C=C/CC. The first kappa shape index (κ1) is 54.2. The van der Waals surface area contributed by atoms with Crippen LogP contribution < -0.4 is 5.11 Å². The third-order valence-corrected chi connectivity index (χ3v) is 9.34. The number of carboxylic acid groups (broad SMARTS) is 1. The number of carbonyl (C=O) groups excluding carboxylic acids is 3. The Labute approximate surface area is 354 Å². The average molecular weight is 808 g/mol. The molecule has 0 aromatic carbocycles. The zero-order valence-electron chi connectivity index (χ0n) is 37.2. The fourth-order valence-corrected chi connectivity index (χ4v) is 5.94. The lowest BCUT2D eigenvalue weighted by Gasteiger charge is -2.34. The summed E-state index contributed by atoms with van der Waals surface area (Å²) < 4.78 is 17.1. The number of unbranched alkanes of at least 4 members (excludes halogenated alkanes) is 12. The van der Waals surface area contributed by atoms with Gasteiger partial charge in [0.25, 0.3) is 0 Å². The number of ether oxygens (including phenoxy) is 3. The molecule has 328 valence electrons. The summed E-state index contributed by atoms with van der Waals surface area (Å²) in [5.41, 5.74) is 0. The molecule has 0 aromatic rings. The smallest absolute Gasteiger partial charge is 0.306 e. The minimum absolute atomic E-state index is 0.0111. The fourth-order valence-electron chi connectivity index (χ4n) is 5.94. The van der Waals surface area contributed by atoms with E-state index in [2.05, 4.69) is 56.4 Å². The van der Waals surface area contributed by atoms with Gasteiger partial charge in [0.05, 0.1) is 40.3 Å². The summed E-state index contributed by atoms with van der Waals surface area (Å²) in [6.07, 6.45) is 53.1. The summed E-state index contributed by atoms with van der Waals surface area (Å²) in [4.78, 5) is 36.8. The molecule has 0 amide bonds. The molecular weight excluding hydrogens is 727 g/mol. The van der Waals surface area contributed by atoms with E-state index in [4.69, 9.17) is 14.2 Å². The number of hydrogen-bond donors (Lipinski definition) is 0. The van der Waals surface area contributed by atoms with E-state index in [0.29, 0.717) is 12.8 Å². The molecule has 0 aliphatic carbocycles. The minimum Gasteiger partial charge on any atom is -0.544 e. The maximum absolute atomic E-state index is 12.7. The van der Waals surface area contributed by atoms with Gasteiger partial charge in [-0.15, -0.1) is 0 Å². The molecule has 0 N–H and O–H groups in total.